The zero-order chi connectivity index (χ0) is 15.5. The summed E-state index contributed by atoms with van der Waals surface area (Å²) >= 11 is 5.73. The lowest BCUT2D eigenvalue weighted by Crippen LogP contribution is -2.44. The van der Waals surface area contributed by atoms with Gasteiger partial charge < -0.3 is 11.1 Å². The Balaban J connectivity index is 2.02. The number of carbonyl (C=O) groups excluding carboxylic acids is 1. The number of nitro benzene ring substituents is 1. The summed E-state index contributed by atoms with van der Waals surface area (Å²) in [6.45, 7) is 0. The van der Waals surface area contributed by atoms with Crippen molar-refractivity contribution in [3.63, 3.8) is 0 Å². The van der Waals surface area contributed by atoms with Gasteiger partial charge in [0.25, 0.3) is 5.69 Å². The molecule has 3 N–H and O–H groups in total. The molecule has 1 aliphatic carbocycles. The van der Waals surface area contributed by atoms with Crippen molar-refractivity contribution in [2.24, 2.45) is 5.73 Å². The SMILES string of the molecule is NC1(CC(=O)Nc2ccc(Cl)c([N+](=O)[O-])c2)CCCCC1. The number of anilines is 1. The Kier molecular flexibility index (Phi) is 4.80. The van der Waals surface area contributed by atoms with Gasteiger partial charge in [-0.15, -0.1) is 0 Å². The first kappa shape index (κ1) is 15.7. The fourth-order valence-electron chi connectivity index (χ4n) is 2.69. The van der Waals surface area contributed by atoms with Crippen LogP contribution in [0.5, 0.6) is 0 Å². The van der Waals surface area contributed by atoms with E-state index < -0.39 is 10.5 Å². The van der Waals surface area contributed by atoms with E-state index in [-0.39, 0.29) is 23.0 Å². The smallest absolute Gasteiger partial charge is 0.289 e. The van der Waals surface area contributed by atoms with E-state index in [4.69, 9.17) is 17.3 Å². The van der Waals surface area contributed by atoms with Crippen molar-refractivity contribution in [3.05, 3.63) is 33.3 Å². The summed E-state index contributed by atoms with van der Waals surface area (Å²) in [7, 11) is 0. The first-order valence-corrected chi connectivity index (χ1v) is 7.30. The van der Waals surface area contributed by atoms with Gasteiger partial charge in [-0.3, -0.25) is 14.9 Å². The summed E-state index contributed by atoms with van der Waals surface area (Å²) in [5, 5.41) is 13.5. The molecule has 7 heteroatoms. The van der Waals surface area contributed by atoms with Gasteiger partial charge in [-0.05, 0) is 25.0 Å². The van der Waals surface area contributed by atoms with Crippen molar-refractivity contribution in [1.82, 2.24) is 0 Å². The highest BCUT2D eigenvalue weighted by Gasteiger charge is 2.30. The molecule has 0 aromatic heterocycles. The number of rotatable bonds is 4. The Morgan fingerprint density at radius 2 is 2.05 bits per heavy atom. The maximum atomic E-state index is 12.1. The molecule has 1 aromatic rings. The number of nitrogens with zero attached hydrogens (tertiary/aromatic N) is 1. The van der Waals surface area contributed by atoms with Gasteiger partial charge in [-0.2, -0.15) is 0 Å². The molecule has 1 amide bonds. The van der Waals surface area contributed by atoms with E-state index in [0.717, 1.165) is 32.1 Å². The predicted molar refractivity (Wildman–Crippen MR) is 81.4 cm³/mol. The van der Waals surface area contributed by atoms with Crippen molar-refractivity contribution in [2.75, 3.05) is 5.32 Å². The van der Waals surface area contributed by atoms with Gasteiger partial charge in [0.1, 0.15) is 5.02 Å². The zero-order valence-corrected chi connectivity index (χ0v) is 12.4. The predicted octanol–water partition coefficient (Wildman–Crippen LogP) is 3.24. The van der Waals surface area contributed by atoms with Crippen molar-refractivity contribution < 1.29 is 9.72 Å². The molecule has 0 unspecified atom stereocenters. The molecule has 114 valence electrons. The zero-order valence-electron chi connectivity index (χ0n) is 11.6. The second kappa shape index (κ2) is 6.41. The Hall–Kier alpha value is -1.66. The molecule has 0 spiro atoms. The van der Waals surface area contributed by atoms with E-state index in [2.05, 4.69) is 5.32 Å². The second-order valence-corrected chi connectivity index (χ2v) is 5.98. The van der Waals surface area contributed by atoms with Crippen molar-refractivity contribution in [1.29, 1.82) is 0 Å². The maximum absolute atomic E-state index is 12.1. The van der Waals surface area contributed by atoms with Crippen molar-refractivity contribution in [3.8, 4) is 0 Å². The van der Waals surface area contributed by atoms with Gasteiger partial charge in [0.05, 0.1) is 4.92 Å². The summed E-state index contributed by atoms with van der Waals surface area (Å²) in [6, 6.07) is 4.19. The molecular formula is C14H18ClN3O3. The van der Waals surface area contributed by atoms with Gasteiger partial charge in [-0.25, -0.2) is 0 Å². The minimum Gasteiger partial charge on any atom is -0.326 e. The van der Waals surface area contributed by atoms with Gasteiger partial charge in [0.15, 0.2) is 0 Å². The first-order valence-electron chi connectivity index (χ1n) is 6.92. The average Bonchev–Trinajstić information content (AvgIpc) is 2.40. The fraction of sp³-hybridized carbons (Fsp3) is 0.500. The average molecular weight is 312 g/mol. The lowest BCUT2D eigenvalue weighted by atomic mass is 9.80. The van der Waals surface area contributed by atoms with Crippen LogP contribution in [0, 0.1) is 10.1 Å². The highest BCUT2D eigenvalue weighted by atomic mass is 35.5. The number of hydrogen-bond donors (Lipinski definition) is 2. The Bertz CT molecular complexity index is 556. The van der Waals surface area contributed by atoms with Crippen LogP contribution in [0.15, 0.2) is 18.2 Å². The summed E-state index contributed by atoms with van der Waals surface area (Å²) in [4.78, 5) is 22.3. The van der Waals surface area contributed by atoms with Crippen LogP contribution in [-0.4, -0.2) is 16.4 Å². The van der Waals surface area contributed by atoms with Gasteiger partial charge in [-0.1, -0.05) is 30.9 Å². The molecule has 0 atom stereocenters. The molecule has 0 heterocycles. The first-order chi connectivity index (χ1) is 9.89. The number of nitrogens with one attached hydrogen (secondary N) is 1. The highest BCUT2D eigenvalue weighted by Crippen LogP contribution is 2.30. The summed E-state index contributed by atoms with van der Waals surface area (Å²) in [5.41, 5.74) is 5.90. The third-order valence-corrected chi connectivity index (χ3v) is 4.11. The number of carbonyl (C=O) groups is 1. The molecular weight excluding hydrogens is 294 g/mol. The Labute approximate surface area is 127 Å². The van der Waals surface area contributed by atoms with Crippen LogP contribution < -0.4 is 11.1 Å². The van der Waals surface area contributed by atoms with Crippen LogP contribution >= 0.6 is 11.6 Å². The van der Waals surface area contributed by atoms with Crippen LogP contribution in [0.4, 0.5) is 11.4 Å². The third kappa shape index (κ3) is 4.15. The van der Waals surface area contributed by atoms with Crippen LogP contribution in [-0.2, 0) is 4.79 Å². The van der Waals surface area contributed by atoms with Crippen LogP contribution in [0.1, 0.15) is 38.5 Å². The number of halogens is 1. The largest absolute Gasteiger partial charge is 0.326 e. The second-order valence-electron chi connectivity index (χ2n) is 5.57. The lowest BCUT2D eigenvalue weighted by Gasteiger charge is -2.32. The number of amides is 1. The number of nitro groups is 1. The topological polar surface area (TPSA) is 98.3 Å². The Morgan fingerprint density at radius 3 is 2.67 bits per heavy atom. The van der Waals surface area contributed by atoms with E-state index in [9.17, 15) is 14.9 Å². The van der Waals surface area contributed by atoms with Gasteiger partial charge >= 0.3 is 0 Å². The lowest BCUT2D eigenvalue weighted by molar-refractivity contribution is -0.384. The number of hydrogen-bond acceptors (Lipinski definition) is 4. The standard InChI is InChI=1S/C14H18ClN3O3/c15-11-5-4-10(8-12(11)18(20)21)17-13(19)9-14(16)6-2-1-3-7-14/h4-5,8H,1-3,6-7,9,16H2,(H,17,19). The number of nitrogens with two attached hydrogens (primary N) is 1. The molecule has 1 fully saturated rings. The normalized spacial score (nSPS) is 17.2. The van der Waals surface area contributed by atoms with E-state index in [1.807, 2.05) is 0 Å². The van der Waals surface area contributed by atoms with E-state index in [1.165, 1.54) is 18.2 Å². The van der Waals surface area contributed by atoms with Gasteiger partial charge in [0, 0.05) is 23.7 Å². The minimum atomic E-state index is -0.580. The minimum absolute atomic E-state index is 0.0422. The molecule has 21 heavy (non-hydrogen) atoms. The third-order valence-electron chi connectivity index (χ3n) is 3.79. The molecule has 1 aromatic carbocycles. The molecule has 0 aliphatic heterocycles. The van der Waals surface area contributed by atoms with E-state index in [0.29, 0.717) is 5.69 Å². The van der Waals surface area contributed by atoms with Crippen LogP contribution in [0.3, 0.4) is 0 Å². The van der Waals surface area contributed by atoms with Crippen LogP contribution in [0.2, 0.25) is 5.02 Å². The molecule has 1 aliphatic rings. The van der Waals surface area contributed by atoms with Crippen molar-refractivity contribution >= 4 is 28.9 Å². The summed E-state index contributed by atoms with van der Waals surface area (Å²) in [6.07, 6.45) is 5.13. The van der Waals surface area contributed by atoms with Crippen molar-refractivity contribution in [2.45, 2.75) is 44.1 Å². The van der Waals surface area contributed by atoms with E-state index in [1.54, 1.807) is 0 Å². The molecule has 0 radical (unpaired) electrons. The molecule has 0 bridgehead atoms. The Morgan fingerprint density at radius 1 is 1.38 bits per heavy atom. The van der Waals surface area contributed by atoms with Crippen LogP contribution in [0.25, 0.3) is 0 Å². The quantitative estimate of drug-likeness (QED) is 0.658. The van der Waals surface area contributed by atoms with Gasteiger partial charge in [0.2, 0.25) is 5.91 Å². The summed E-state index contributed by atoms with van der Waals surface area (Å²) < 4.78 is 0. The number of benzene rings is 1. The summed E-state index contributed by atoms with van der Waals surface area (Å²) in [5.74, 6) is -0.226. The fourth-order valence-corrected chi connectivity index (χ4v) is 2.87. The highest BCUT2D eigenvalue weighted by molar-refractivity contribution is 6.32. The molecule has 0 saturated heterocycles. The molecule has 1 saturated carbocycles. The van der Waals surface area contributed by atoms with E-state index >= 15 is 0 Å². The molecule has 2 rings (SSSR count). The molecule has 6 nitrogen and oxygen atoms in total. The maximum Gasteiger partial charge on any atom is 0.289 e. The monoisotopic (exact) mass is 311 g/mol.